The van der Waals surface area contributed by atoms with Crippen LogP contribution in [0.25, 0.3) is 0 Å². The predicted octanol–water partition coefficient (Wildman–Crippen LogP) is 2.81. The van der Waals surface area contributed by atoms with Crippen LogP contribution in [-0.2, 0) is 9.53 Å². The maximum Gasteiger partial charge on any atom is 0.410 e. The van der Waals surface area contributed by atoms with Crippen molar-refractivity contribution in [2.45, 2.75) is 51.7 Å². The minimum atomic E-state index is -2.73. The third-order valence-corrected chi connectivity index (χ3v) is 3.89. The van der Waals surface area contributed by atoms with Gasteiger partial charge >= 0.3 is 6.09 Å². The standard InChI is InChI=1S/C13H18F2N4O3S/c1-13(2,3)22-12(21)19-6-4-5-7(19)9(20)16-11-18-17-10(23-11)8(14)15/h7-8H,4-6H2,1-3H3,(H,16,18,20). The number of anilines is 1. The van der Waals surface area contributed by atoms with Crippen molar-refractivity contribution in [3.63, 3.8) is 0 Å². The van der Waals surface area contributed by atoms with Gasteiger partial charge in [0, 0.05) is 6.54 Å². The number of hydrogen-bond acceptors (Lipinski definition) is 6. The van der Waals surface area contributed by atoms with E-state index in [4.69, 9.17) is 4.74 Å². The third-order valence-electron chi connectivity index (χ3n) is 3.04. The van der Waals surface area contributed by atoms with Gasteiger partial charge in [-0.15, -0.1) is 10.2 Å². The van der Waals surface area contributed by atoms with Crippen LogP contribution in [0.2, 0.25) is 0 Å². The Morgan fingerprint density at radius 3 is 2.65 bits per heavy atom. The van der Waals surface area contributed by atoms with Crippen molar-refractivity contribution < 1.29 is 23.1 Å². The van der Waals surface area contributed by atoms with E-state index in [0.29, 0.717) is 30.7 Å². The average molecular weight is 348 g/mol. The van der Waals surface area contributed by atoms with Gasteiger partial charge in [0.05, 0.1) is 0 Å². The van der Waals surface area contributed by atoms with Crippen molar-refractivity contribution in [2.75, 3.05) is 11.9 Å². The van der Waals surface area contributed by atoms with Gasteiger partial charge in [-0.3, -0.25) is 15.0 Å². The van der Waals surface area contributed by atoms with Crippen LogP contribution in [0.1, 0.15) is 45.0 Å². The highest BCUT2D eigenvalue weighted by Gasteiger charge is 2.37. The van der Waals surface area contributed by atoms with E-state index in [1.54, 1.807) is 20.8 Å². The third kappa shape index (κ3) is 4.57. The van der Waals surface area contributed by atoms with Crippen molar-refractivity contribution in [3.05, 3.63) is 5.01 Å². The number of alkyl halides is 2. The Morgan fingerprint density at radius 1 is 1.39 bits per heavy atom. The molecule has 0 saturated carbocycles. The van der Waals surface area contributed by atoms with Crippen LogP contribution < -0.4 is 5.32 Å². The van der Waals surface area contributed by atoms with Crippen LogP contribution in [0.3, 0.4) is 0 Å². The highest BCUT2D eigenvalue weighted by atomic mass is 32.1. The summed E-state index contributed by atoms with van der Waals surface area (Å²) in [5.41, 5.74) is -0.661. The van der Waals surface area contributed by atoms with Gasteiger partial charge in [-0.05, 0) is 33.6 Å². The molecule has 1 aromatic rings. The number of aromatic nitrogens is 2. The number of rotatable bonds is 3. The van der Waals surface area contributed by atoms with Gasteiger partial charge in [0.15, 0.2) is 5.01 Å². The Balaban J connectivity index is 2.01. The van der Waals surface area contributed by atoms with Crippen LogP contribution in [0.5, 0.6) is 0 Å². The van der Waals surface area contributed by atoms with Gasteiger partial charge in [0.2, 0.25) is 11.0 Å². The second-order valence-electron chi connectivity index (χ2n) is 6.07. The normalized spacial score (nSPS) is 18.3. The molecule has 1 saturated heterocycles. The summed E-state index contributed by atoms with van der Waals surface area (Å²) >= 11 is 0.609. The van der Waals surface area contributed by atoms with Crippen LogP contribution >= 0.6 is 11.3 Å². The van der Waals surface area contributed by atoms with E-state index in [9.17, 15) is 18.4 Å². The molecule has 1 unspecified atom stereocenters. The molecular formula is C13H18F2N4O3S. The Labute approximate surface area is 136 Å². The lowest BCUT2D eigenvalue weighted by Crippen LogP contribution is -2.45. The molecule has 0 bridgehead atoms. The number of hydrogen-bond donors (Lipinski definition) is 1. The molecule has 1 aliphatic rings. The summed E-state index contributed by atoms with van der Waals surface area (Å²) in [5.74, 6) is -0.481. The molecule has 23 heavy (non-hydrogen) atoms. The Bertz CT molecular complexity index is 588. The largest absolute Gasteiger partial charge is 0.444 e. The number of nitrogens with zero attached hydrogens (tertiary/aromatic N) is 3. The molecule has 1 N–H and O–H groups in total. The van der Waals surface area contributed by atoms with Gasteiger partial charge in [0.25, 0.3) is 6.43 Å². The minimum Gasteiger partial charge on any atom is -0.444 e. The van der Waals surface area contributed by atoms with E-state index in [1.807, 2.05) is 0 Å². The molecule has 128 valence electrons. The first kappa shape index (κ1) is 17.5. The lowest BCUT2D eigenvalue weighted by atomic mass is 10.2. The zero-order chi connectivity index (χ0) is 17.2. The summed E-state index contributed by atoms with van der Waals surface area (Å²) in [6.07, 6.45) is -2.16. The molecule has 0 aromatic carbocycles. The highest BCUT2D eigenvalue weighted by Crippen LogP contribution is 2.26. The van der Waals surface area contributed by atoms with Crippen LogP contribution in [0.15, 0.2) is 0 Å². The number of likely N-dealkylation sites (tertiary alicyclic amines) is 1. The van der Waals surface area contributed by atoms with E-state index in [0.717, 1.165) is 0 Å². The first-order chi connectivity index (χ1) is 10.7. The molecule has 0 spiro atoms. The second kappa shape index (κ2) is 6.73. The summed E-state index contributed by atoms with van der Waals surface area (Å²) in [7, 11) is 0. The maximum absolute atomic E-state index is 12.5. The predicted molar refractivity (Wildman–Crippen MR) is 79.5 cm³/mol. The van der Waals surface area contributed by atoms with E-state index in [1.165, 1.54) is 4.90 Å². The fourth-order valence-corrected chi connectivity index (χ4v) is 2.74. The molecule has 2 heterocycles. The topological polar surface area (TPSA) is 84.4 Å². The summed E-state index contributed by atoms with van der Waals surface area (Å²) in [4.78, 5) is 25.7. The molecule has 10 heteroatoms. The molecule has 7 nitrogen and oxygen atoms in total. The van der Waals surface area contributed by atoms with Crippen LogP contribution in [0, 0.1) is 0 Å². The maximum atomic E-state index is 12.5. The molecule has 0 radical (unpaired) electrons. The van der Waals surface area contributed by atoms with Gasteiger partial charge < -0.3 is 4.74 Å². The van der Waals surface area contributed by atoms with Crippen molar-refractivity contribution >= 4 is 28.5 Å². The van der Waals surface area contributed by atoms with Gasteiger partial charge in [-0.2, -0.15) is 0 Å². The molecule has 2 rings (SSSR count). The summed E-state index contributed by atoms with van der Waals surface area (Å²) < 4.78 is 30.2. The summed E-state index contributed by atoms with van der Waals surface area (Å²) in [5, 5.41) is 8.75. The van der Waals surface area contributed by atoms with Crippen molar-refractivity contribution in [1.29, 1.82) is 0 Å². The number of halogens is 2. The van der Waals surface area contributed by atoms with Crippen molar-refractivity contribution in [1.82, 2.24) is 15.1 Å². The van der Waals surface area contributed by atoms with Gasteiger partial charge in [-0.25, -0.2) is 13.6 Å². The highest BCUT2D eigenvalue weighted by molar-refractivity contribution is 7.15. The zero-order valence-corrected chi connectivity index (χ0v) is 13.8. The first-order valence-electron chi connectivity index (χ1n) is 7.09. The molecular weight excluding hydrogens is 330 g/mol. The molecule has 2 amide bonds. The number of ether oxygens (including phenoxy) is 1. The Kier molecular flexibility index (Phi) is 5.12. The summed E-state index contributed by atoms with van der Waals surface area (Å²) in [6.45, 7) is 5.63. The molecule has 1 fully saturated rings. The number of carbonyl (C=O) groups is 2. The smallest absolute Gasteiger partial charge is 0.410 e. The van der Waals surface area contributed by atoms with Gasteiger partial charge in [0.1, 0.15) is 11.6 Å². The SMILES string of the molecule is CC(C)(C)OC(=O)N1CCCC1C(=O)Nc1nnc(C(F)F)s1. The number of amides is 2. The molecule has 1 aromatic heterocycles. The number of nitrogens with one attached hydrogen (secondary N) is 1. The lowest BCUT2D eigenvalue weighted by Gasteiger charge is -2.27. The average Bonchev–Trinajstić information content (AvgIpc) is 3.04. The molecule has 1 atom stereocenters. The van der Waals surface area contributed by atoms with Crippen LogP contribution in [0.4, 0.5) is 18.7 Å². The fraction of sp³-hybridized carbons (Fsp3) is 0.692. The van der Waals surface area contributed by atoms with E-state index < -0.39 is 35.1 Å². The minimum absolute atomic E-state index is 0.0126. The number of carbonyl (C=O) groups excluding carboxylic acids is 2. The van der Waals surface area contributed by atoms with E-state index >= 15 is 0 Å². The summed E-state index contributed by atoms with van der Waals surface area (Å²) in [6, 6.07) is -0.705. The Morgan fingerprint density at radius 2 is 2.09 bits per heavy atom. The van der Waals surface area contributed by atoms with Crippen molar-refractivity contribution in [2.24, 2.45) is 0 Å². The Hall–Kier alpha value is -1.84. The monoisotopic (exact) mass is 348 g/mol. The van der Waals surface area contributed by atoms with Gasteiger partial charge in [-0.1, -0.05) is 11.3 Å². The quantitative estimate of drug-likeness (QED) is 0.908. The molecule has 0 aliphatic carbocycles. The van der Waals surface area contributed by atoms with E-state index in [2.05, 4.69) is 15.5 Å². The second-order valence-corrected chi connectivity index (χ2v) is 7.08. The van der Waals surface area contributed by atoms with E-state index in [-0.39, 0.29) is 5.13 Å². The first-order valence-corrected chi connectivity index (χ1v) is 7.91. The lowest BCUT2D eigenvalue weighted by molar-refractivity contribution is -0.120. The van der Waals surface area contributed by atoms with Crippen LogP contribution in [-0.4, -0.2) is 45.3 Å². The van der Waals surface area contributed by atoms with Crippen molar-refractivity contribution in [3.8, 4) is 0 Å². The molecule has 1 aliphatic heterocycles. The zero-order valence-electron chi connectivity index (χ0n) is 13.0. The fourth-order valence-electron chi connectivity index (χ4n) is 2.14.